The maximum Gasteiger partial charge on any atom is 0.252 e. The number of nitrogens with two attached hydrogens (primary N) is 1. The van der Waals surface area contributed by atoms with E-state index in [2.05, 4.69) is 10.3 Å². The maximum absolute atomic E-state index is 11.2. The highest BCUT2D eigenvalue weighted by Gasteiger charge is 2.09. The van der Waals surface area contributed by atoms with E-state index in [0.29, 0.717) is 11.3 Å². The maximum atomic E-state index is 11.2. The molecule has 0 aliphatic heterocycles. The monoisotopic (exact) mass is 243 g/mol. The van der Waals surface area contributed by atoms with Gasteiger partial charge in [-0.05, 0) is 24.3 Å². The Kier molecular flexibility index (Phi) is 3.43. The molecule has 1 heterocycles. The second-order valence-corrected chi connectivity index (χ2v) is 3.64. The predicted molar refractivity (Wildman–Crippen MR) is 69.0 cm³/mol. The van der Waals surface area contributed by atoms with Gasteiger partial charge in [-0.3, -0.25) is 9.78 Å². The molecule has 5 nitrogen and oxygen atoms in total. The lowest BCUT2D eigenvalue weighted by Gasteiger charge is -2.10. The van der Waals surface area contributed by atoms with Gasteiger partial charge < -0.3 is 15.8 Å². The van der Waals surface area contributed by atoms with Gasteiger partial charge in [0.05, 0.1) is 12.7 Å². The first-order chi connectivity index (χ1) is 8.70. The normalized spacial score (nSPS) is 9.83. The zero-order chi connectivity index (χ0) is 13.0. The van der Waals surface area contributed by atoms with Gasteiger partial charge in [-0.1, -0.05) is 0 Å². The van der Waals surface area contributed by atoms with E-state index in [9.17, 15) is 4.79 Å². The quantitative estimate of drug-likeness (QED) is 0.860. The van der Waals surface area contributed by atoms with E-state index in [-0.39, 0.29) is 0 Å². The van der Waals surface area contributed by atoms with Crippen LogP contribution in [-0.2, 0) is 0 Å². The van der Waals surface area contributed by atoms with Crippen LogP contribution in [0.3, 0.4) is 0 Å². The molecule has 92 valence electrons. The summed E-state index contributed by atoms with van der Waals surface area (Å²) in [5.41, 5.74) is 7.31. The first-order valence-electron chi connectivity index (χ1n) is 5.35. The number of carbonyl (C=O) groups excluding carboxylic acids is 1. The summed E-state index contributed by atoms with van der Waals surface area (Å²) in [5, 5.41) is 3.17. The lowest BCUT2D eigenvalue weighted by Crippen LogP contribution is -2.12. The summed E-state index contributed by atoms with van der Waals surface area (Å²) in [7, 11) is 1.50. The smallest absolute Gasteiger partial charge is 0.252 e. The molecule has 1 aromatic heterocycles. The van der Waals surface area contributed by atoms with Crippen molar-refractivity contribution < 1.29 is 9.53 Å². The number of hydrogen-bond acceptors (Lipinski definition) is 4. The van der Waals surface area contributed by atoms with Crippen LogP contribution in [0.5, 0.6) is 5.75 Å². The fraction of sp³-hybridized carbons (Fsp3) is 0.0769. The third-order valence-corrected chi connectivity index (χ3v) is 2.44. The highest BCUT2D eigenvalue weighted by Crippen LogP contribution is 2.24. The summed E-state index contributed by atoms with van der Waals surface area (Å²) >= 11 is 0. The van der Waals surface area contributed by atoms with Crippen LogP contribution in [0.4, 0.5) is 11.4 Å². The molecule has 2 aromatic rings. The molecule has 0 radical (unpaired) electrons. The minimum Gasteiger partial charge on any atom is -0.496 e. The average molecular weight is 243 g/mol. The summed E-state index contributed by atoms with van der Waals surface area (Å²) in [4.78, 5) is 15.1. The number of aromatic nitrogens is 1. The third-order valence-electron chi connectivity index (χ3n) is 2.44. The molecule has 0 fully saturated rings. The van der Waals surface area contributed by atoms with Gasteiger partial charge in [-0.15, -0.1) is 0 Å². The fourth-order valence-electron chi connectivity index (χ4n) is 1.57. The third kappa shape index (κ3) is 2.57. The average Bonchev–Trinajstić information content (AvgIpc) is 2.39. The van der Waals surface area contributed by atoms with Crippen molar-refractivity contribution in [3.8, 4) is 5.75 Å². The van der Waals surface area contributed by atoms with Crippen molar-refractivity contribution >= 4 is 17.3 Å². The zero-order valence-electron chi connectivity index (χ0n) is 9.88. The fourth-order valence-corrected chi connectivity index (χ4v) is 1.57. The number of nitrogens with one attached hydrogen (secondary N) is 1. The Hall–Kier alpha value is -2.56. The Morgan fingerprint density at radius 3 is 2.56 bits per heavy atom. The molecule has 0 unspecified atom stereocenters. The molecule has 5 heteroatoms. The number of amides is 1. The van der Waals surface area contributed by atoms with E-state index in [4.69, 9.17) is 10.5 Å². The first-order valence-corrected chi connectivity index (χ1v) is 5.35. The molecule has 0 saturated heterocycles. The van der Waals surface area contributed by atoms with Crippen LogP contribution >= 0.6 is 0 Å². The number of ether oxygens (including phenoxy) is 1. The van der Waals surface area contributed by atoms with Crippen molar-refractivity contribution in [2.24, 2.45) is 5.73 Å². The molecule has 3 N–H and O–H groups in total. The number of carbonyl (C=O) groups is 1. The summed E-state index contributed by atoms with van der Waals surface area (Å²) < 4.78 is 5.13. The minimum atomic E-state index is -0.512. The molecule has 18 heavy (non-hydrogen) atoms. The van der Waals surface area contributed by atoms with Crippen LogP contribution in [0.25, 0.3) is 0 Å². The Bertz CT molecular complexity index is 555. The van der Waals surface area contributed by atoms with Gasteiger partial charge >= 0.3 is 0 Å². The van der Waals surface area contributed by atoms with Crippen LogP contribution in [0, 0.1) is 0 Å². The summed E-state index contributed by atoms with van der Waals surface area (Å²) in [6.45, 7) is 0. The van der Waals surface area contributed by atoms with E-state index in [1.807, 2.05) is 12.1 Å². The topological polar surface area (TPSA) is 77.2 Å². The molecule has 1 amide bonds. The molecular formula is C13H13N3O2. The predicted octanol–water partition coefficient (Wildman–Crippen LogP) is 1.93. The second-order valence-electron chi connectivity index (χ2n) is 3.64. The Balaban J connectivity index is 2.28. The van der Waals surface area contributed by atoms with Gasteiger partial charge in [0.1, 0.15) is 5.75 Å². The standard InChI is InChI=1S/C13H13N3O2/c1-18-12-8-10(2-3-11(12)13(14)17)16-9-4-6-15-7-5-9/h2-8H,1H3,(H2,14,17)(H,15,16). The molecular weight excluding hydrogens is 230 g/mol. The molecule has 0 saturated carbocycles. The largest absolute Gasteiger partial charge is 0.496 e. The van der Waals surface area contributed by atoms with Crippen LogP contribution in [-0.4, -0.2) is 18.0 Å². The number of nitrogens with zero attached hydrogens (tertiary/aromatic N) is 1. The van der Waals surface area contributed by atoms with E-state index < -0.39 is 5.91 Å². The SMILES string of the molecule is COc1cc(Nc2ccncc2)ccc1C(N)=O. The number of anilines is 2. The highest BCUT2D eigenvalue weighted by atomic mass is 16.5. The van der Waals surface area contributed by atoms with Crippen molar-refractivity contribution in [1.29, 1.82) is 0 Å². The molecule has 0 aliphatic carbocycles. The van der Waals surface area contributed by atoms with Crippen LogP contribution in [0.2, 0.25) is 0 Å². The van der Waals surface area contributed by atoms with Crippen molar-refractivity contribution in [2.75, 3.05) is 12.4 Å². The molecule has 2 rings (SSSR count). The Morgan fingerprint density at radius 1 is 1.22 bits per heavy atom. The van der Waals surface area contributed by atoms with Crippen LogP contribution < -0.4 is 15.8 Å². The van der Waals surface area contributed by atoms with E-state index in [1.54, 1.807) is 30.6 Å². The molecule has 0 atom stereocenters. The molecule has 0 bridgehead atoms. The molecule has 1 aromatic carbocycles. The number of methoxy groups -OCH3 is 1. The van der Waals surface area contributed by atoms with Crippen molar-refractivity contribution in [3.05, 3.63) is 48.3 Å². The lowest BCUT2D eigenvalue weighted by molar-refractivity contribution is 0.0997. The van der Waals surface area contributed by atoms with Gasteiger partial charge in [-0.25, -0.2) is 0 Å². The van der Waals surface area contributed by atoms with Crippen LogP contribution in [0.15, 0.2) is 42.7 Å². The van der Waals surface area contributed by atoms with Gasteiger partial charge in [0.2, 0.25) is 0 Å². The van der Waals surface area contributed by atoms with E-state index >= 15 is 0 Å². The van der Waals surface area contributed by atoms with Gasteiger partial charge in [0.15, 0.2) is 0 Å². The van der Waals surface area contributed by atoms with Crippen molar-refractivity contribution in [2.45, 2.75) is 0 Å². The minimum absolute atomic E-state index is 0.359. The number of primary amides is 1. The lowest BCUT2D eigenvalue weighted by atomic mass is 10.1. The second kappa shape index (κ2) is 5.18. The number of pyridine rings is 1. The number of hydrogen-bond donors (Lipinski definition) is 2. The summed E-state index contributed by atoms with van der Waals surface area (Å²) in [5.74, 6) is -0.0659. The molecule has 0 spiro atoms. The Labute approximate surface area is 105 Å². The number of rotatable bonds is 4. The van der Waals surface area contributed by atoms with E-state index in [0.717, 1.165) is 11.4 Å². The van der Waals surface area contributed by atoms with Gasteiger partial charge in [0.25, 0.3) is 5.91 Å². The van der Waals surface area contributed by atoms with Gasteiger partial charge in [0, 0.05) is 29.8 Å². The van der Waals surface area contributed by atoms with Crippen LogP contribution in [0.1, 0.15) is 10.4 Å². The van der Waals surface area contributed by atoms with Crippen molar-refractivity contribution in [1.82, 2.24) is 4.98 Å². The Morgan fingerprint density at radius 2 is 1.94 bits per heavy atom. The summed E-state index contributed by atoms with van der Waals surface area (Å²) in [6, 6.07) is 8.80. The first kappa shape index (κ1) is 11.9. The summed E-state index contributed by atoms with van der Waals surface area (Å²) in [6.07, 6.45) is 3.38. The zero-order valence-corrected chi connectivity index (χ0v) is 9.88. The van der Waals surface area contributed by atoms with E-state index in [1.165, 1.54) is 7.11 Å². The highest BCUT2D eigenvalue weighted by molar-refractivity contribution is 5.96. The number of benzene rings is 1. The molecule has 0 aliphatic rings. The van der Waals surface area contributed by atoms with Gasteiger partial charge in [-0.2, -0.15) is 0 Å². The van der Waals surface area contributed by atoms with Crippen molar-refractivity contribution in [3.63, 3.8) is 0 Å².